The van der Waals surface area contributed by atoms with Gasteiger partial charge in [0.25, 0.3) is 0 Å². The highest BCUT2D eigenvalue weighted by Crippen LogP contribution is 2.39. The third-order valence-electron chi connectivity index (χ3n) is 9.66. The highest BCUT2D eigenvalue weighted by Gasteiger charge is 2.25. The molecule has 4 nitrogen and oxygen atoms in total. The van der Waals surface area contributed by atoms with Crippen LogP contribution < -0.4 is 21.2 Å². The number of nitrogen functional groups attached to an aromatic ring is 1. The van der Waals surface area contributed by atoms with Crippen molar-refractivity contribution in [3.8, 4) is 0 Å². The molecule has 290 valence electrons. The van der Waals surface area contributed by atoms with E-state index in [1.165, 1.54) is 24.0 Å². The summed E-state index contributed by atoms with van der Waals surface area (Å²) in [7, 11) is 0. The molecule has 2 N–H and O–H groups in total. The molecule has 8 rings (SSSR count). The Balaban J connectivity index is 0.000000323. The SMILES string of the molecule is C=C/C=C\C(=C1/CC2=C(C=CCC2)O1)n1c(=C/C=C)/c(=C\C)c2cc(N(c3ccccc3)c3ccccc3)ccc21.CC.CC1=CC=CCC1.Nc1ccccc1. The van der Waals surface area contributed by atoms with E-state index in [1.807, 2.05) is 62.4 Å². The summed E-state index contributed by atoms with van der Waals surface area (Å²) in [5, 5.41) is 3.39. The number of fused-ring (bicyclic) bond motifs is 1. The van der Waals surface area contributed by atoms with Gasteiger partial charge in [-0.05, 0) is 118 Å². The summed E-state index contributed by atoms with van der Waals surface area (Å²) in [6, 6.07) is 37.2. The summed E-state index contributed by atoms with van der Waals surface area (Å²) in [5.41, 5.74) is 14.5. The van der Waals surface area contributed by atoms with E-state index in [4.69, 9.17) is 10.5 Å². The summed E-state index contributed by atoms with van der Waals surface area (Å²) in [5.74, 6) is 1.95. The number of rotatable bonds is 7. The van der Waals surface area contributed by atoms with E-state index in [0.29, 0.717) is 0 Å². The highest BCUT2D eigenvalue weighted by molar-refractivity contribution is 5.92. The largest absolute Gasteiger partial charge is 0.459 e. The van der Waals surface area contributed by atoms with Crippen molar-refractivity contribution < 1.29 is 4.74 Å². The van der Waals surface area contributed by atoms with Gasteiger partial charge in [0.1, 0.15) is 11.5 Å². The number of hydrogen-bond acceptors (Lipinski definition) is 3. The standard InChI is InChI=1S/C38H34N2O.C7H10.C6H7N.C2H6/c1-4-7-22-36(38-26-28-17-14-15-23-37(28)41-38)40-34(16-5-2)32(6-3)33-27-31(24-25-35(33)40)39(29-18-10-8-11-19-29)30-20-12-9-13-21-30;1-7-5-3-2-4-6-7;7-6-4-2-1-3-5-6;1-2/h4-13,15-16,18-25,27H,1-2,14,17,26H2,3H3;2-3,5H,4,6H2,1H3;1-5H,7H2;1-2H3/b22-7-,32-6-,34-16+,38-36-;;;. The van der Waals surface area contributed by atoms with Gasteiger partial charge in [0.2, 0.25) is 0 Å². The molecule has 57 heavy (non-hydrogen) atoms. The molecule has 0 amide bonds. The van der Waals surface area contributed by atoms with Crippen LogP contribution >= 0.6 is 0 Å². The first kappa shape index (κ1) is 41.6. The number of allylic oxidation sites excluding steroid dienone is 12. The zero-order chi connectivity index (χ0) is 40.4. The monoisotopic (exact) mass is 751 g/mol. The van der Waals surface area contributed by atoms with Gasteiger partial charge in [0.05, 0.1) is 16.6 Å². The fraction of sp³-hybridized carbons (Fsp3) is 0.170. The number of nitrogens with zero attached hydrogens (tertiary/aromatic N) is 2. The Bertz CT molecular complexity index is 2380. The molecule has 4 aromatic carbocycles. The van der Waals surface area contributed by atoms with Crippen LogP contribution in [0.4, 0.5) is 22.7 Å². The summed E-state index contributed by atoms with van der Waals surface area (Å²) >= 11 is 0. The minimum atomic E-state index is 0.808. The van der Waals surface area contributed by atoms with Gasteiger partial charge in [0, 0.05) is 39.8 Å². The smallest absolute Gasteiger partial charge is 0.132 e. The molecular formula is C53H57N3O. The molecule has 0 unspecified atom stereocenters. The van der Waals surface area contributed by atoms with Gasteiger partial charge in [0.15, 0.2) is 0 Å². The van der Waals surface area contributed by atoms with E-state index in [1.54, 1.807) is 0 Å². The summed E-state index contributed by atoms with van der Waals surface area (Å²) in [6.07, 6.45) is 28.3. The Kier molecular flexibility index (Phi) is 15.7. The fourth-order valence-electron chi connectivity index (χ4n) is 7.01. The second-order valence-corrected chi connectivity index (χ2v) is 13.5. The van der Waals surface area contributed by atoms with Gasteiger partial charge in [-0.15, -0.1) is 0 Å². The van der Waals surface area contributed by atoms with Gasteiger partial charge in [-0.25, -0.2) is 0 Å². The minimum Gasteiger partial charge on any atom is -0.459 e. The lowest BCUT2D eigenvalue weighted by Gasteiger charge is -2.25. The van der Waals surface area contributed by atoms with Gasteiger partial charge in [-0.1, -0.05) is 136 Å². The number of ether oxygens (including phenoxy) is 1. The van der Waals surface area contributed by atoms with E-state index in [2.05, 4.69) is 164 Å². The molecule has 4 heteroatoms. The van der Waals surface area contributed by atoms with E-state index in [0.717, 1.165) is 80.7 Å². The second kappa shape index (κ2) is 21.5. The second-order valence-electron chi connectivity index (χ2n) is 13.5. The van der Waals surface area contributed by atoms with Crippen LogP contribution in [0, 0.1) is 0 Å². The number of hydrogen-bond donors (Lipinski definition) is 1. The van der Waals surface area contributed by atoms with Crippen LogP contribution in [0.25, 0.3) is 28.8 Å². The van der Waals surface area contributed by atoms with E-state index >= 15 is 0 Å². The number of nitrogens with two attached hydrogens (primary N) is 1. The maximum atomic E-state index is 6.49. The topological polar surface area (TPSA) is 43.4 Å². The summed E-state index contributed by atoms with van der Waals surface area (Å²) in [6.45, 7) is 16.3. The van der Waals surface area contributed by atoms with E-state index in [-0.39, 0.29) is 0 Å². The zero-order valence-corrected chi connectivity index (χ0v) is 34.1. The van der Waals surface area contributed by atoms with E-state index < -0.39 is 0 Å². The maximum Gasteiger partial charge on any atom is 0.132 e. The van der Waals surface area contributed by atoms with Gasteiger partial charge in [-0.3, -0.25) is 0 Å². The van der Waals surface area contributed by atoms with Crippen LogP contribution in [0.1, 0.15) is 59.8 Å². The number of anilines is 4. The first-order valence-electron chi connectivity index (χ1n) is 20.1. The lowest BCUT2D eigenvalue weighted by atomic mass is 10.0. The van der Waals surface area contributed by atoms with Crippen molar-refractivity contribution in [1.29, 1.82) is 0 Å². The van der Waals surface area contributed by atoms with Crippen molar-refractivity contribution in [3.05, 3.63) is 210 Å². The van der Waals surface area contributed by atoms with Gasteiger partial charge < -0.3 is 19.9 Å². The number of benzene rings is 4. The molecule has 0 atom stereocenters. The summed E-state index contributed by atoms with van der Waals surface area (Å²) < 4.78 is 8.80. The molecule has 1 aromatic heterocycles. The van der Waals surface area contributed by atoms with Crippen molar-refractivity contribution in [1.82, 2.24) is 4.57 Å². The molecule has 2 aliphatic carbocycles. The minimum absolute atomic E-state index is 0.808. The molecule has 0 fully saturated rings. The van der Waals surface area contributed by atoms with Crippen LogP contribution in [0.3, 0.4) is 0 Å². The average molecular weight is 752 g/mol. The van der Waals surface area contributed by atoms with Crippen LogP contribution in [0.5, 0.6) is 0 Å². The molecule has 0 radical (unpaired) electrons. The molecule has 3 aliphatic rings. The molecular weight excluding hydrogens is 695 g/mol. The number of para-hydroxylation sites is 3. The predicted octanol–water partition coefficient (Wildman–Crippen LogP) is 13.4. The maximum absolute atomic E-state index is 6.49. The molecule has 0 saturated heterocycles. The number of aromatic nitrogens is 1. The molecule has 2 heterocycles. The normalized spacial score (nSPS) is 15.6. The summed E-state index contributed by atoms with van der Waals surface area (Å²) in [4.78, 5) is 2.30. The van der Waals surface area contributed by atoms with Crippen molar-refractivity contribution in [3.63, 3.8) is 0 Å². The van der Waals surface area contributed by atoms with Crippen molar-refractivity contribution in [2.45, 2.75) is 59.8 Å². The van der Waals surface area contributed by atoms with Crippen LogP contribution in [0.15, 0.2) is 200 Å². The predicted molar refractivity (Wildman–Crippen MR) is 249 cm³/mol. The Morgan fingerprint density at radius 1 is 0.789 bits per heavy atom. The van der Waals surface area contributed by atoms with Crippen molar-refractivity contribution >= 4 is 51.5 Å². The quantitative estimate of drug-likeness (QED) is 0.133. The van der Waals surface area contributed by atoms with Crippen molar-refractivity contribution in [2.75, 3.05) is 10.6 Å². The van der Waals surface area contributed by atoms with Crippen LogP contribution in [0.2, 0.25) is 0 Å². The Labute approximate surface area is 340 Å². The molecule has 1 aliphatic heterocycles. The van der Waals surface area contributed by atoms with Crippen LogP contribution in [-0.2, 0) is 4.74 Å². The van der Waals surface area contributed by atoms with Gasteiger partial charge in [-0.2, -0.15) is 0 Å². The molecule has 0 saturated carbocycles. The third-order valence-corrected chi connectivity index (χ3v) is 9.66. The Morgan fingerprint density at radius 2 is 1.44 bits per heavy atom. The Hall–Kier alpha value is -6.52. The first-order chi connectivity index (χ1) is 28.0. The average Bonchev–Trinajstić information content (AvgIpc) is 3.83. The van der Waals surface area contributed by atoms with Crippen molar-refractivity contribution in [2.24, 2.45) is 0 Å². The third kappa shape index (κ3) is 10.6. The van der Waals surface area contributed by atoms with E-state index in [9.17, 15) is 0 Å². The lowest BCUT2D eigenvalue weighted by molar-refractivity contribution is 0.337. The zero-order valence-electron chi connectivity index (χ0n) is 34.1. The highest BCUT2D eigenvalue weighted by atomic mass is 16.5. The van der Waals surface area contributed by atoms with Gasteiger partial charge >= 0.3 is 0 Å². The lowest BCUT2D eigenvalue weighted by Crippen LogP contribution is -2.28. The Morgan fingerprint density at radius 3 is 1.95 bits per heavy atom. The first-order valence-corrected chi connectivity index (χ1v) is 20.1. The molecule has 0 spiro atoms. The molecule has 5 aromatic rings. The molecule has 0 bridgehead atoms. The van der Waals surface area contributed by atoms with Crippen LogP contribution in [-0.4, -0.2) is 4.57 Å². The fourth-order valence-corrected chi connectivity index (χ4v) is 7.01.